The molecule has 0 aliphatic carbocycles. The Labute approximate surface area is 146 Å². The van der Waals surface area contributed by atoms with Gasteiger partial charge in [0.05, 0.1) is 36.0 Å². The van der Waals surface area contributed by atoms with Gasteiger partial charge in [-0.05, 0) is 25.0 Å². The largest absolute Gasteiger partial charge is 0.346 e. The van der Waals surface area contributed by atoms with Crippen molar-refractivity contribution >= 4 is 5.91 Å². The van der Waals surface area contributed by atoms with E-state index in [0.717, 1.165) is 17.9 Å². The molecule has 0 saturated heterocycles. The third-order valence-electron chi connectivity index (χ3n) is 3.91. The summed E-state index contributed by atoms with van der Waals surface area (Å²) < 4.78 is 3.73. The number of nitrogens with zero attached hydrogens (tertiary/aromatic N) is 5. The molecule has 1 N–H and O–H groups in total. The quantitative estimate of drug-likeness (QED) is 0.748. The summed E-state index contributed by atoms with van der Waals surface area (Å²) in [7, 11) is 0. The zero-order chi connectivity index (χ0) is 17.8. The van der Waals surface area contributed by atoms with Crippen molar-refractivity contribution in [1.82, 2.24) is 29.6 Å². The minimum atomic E-state index is -0.156. The maximum atomic E-state index is 12.5. The molecule has 0 fully saturated rings. The Morgan fingerprint density at radius 3 is 2.84 bits per heavy atom. The Morgan fingerprint density at radius 1 is 1.28 bits per heavy atom. The van der Waals surface area contributed by atoms with E-state index >= 15 is 0 Å². The van der Waals surface area contributed by atoms with Gasteiger partial charge in [0.25, 0.3) is 5.91 Å². The molecule has 7 heteroatoms. The molecule has 0 spiro atoms. The van der Waals surface area contributed by atoms with Crippen LogP contribution in [0, 0.1) is 12.8 Å². The standard InChI is InChI=1S/C18H22N6O/c1-13(2)11-23-12-19-8-15(23)9-21-18(25)16-10-22-24(14(16)3)17-6-4-5-7-20-17/h4-8,10,12-13H,9,11H2,1-3H3,(H,21,25). The highest BCUT2D eigenvalue weighted by Crippen LogP contribution is 2.12. The van der Waals surface area contributed by atoms with Crippen molar-refractivity contribution in [3.63, 3.8) is 0 Å². The van der Waals surface area contributed by atoms with Gasteiger partial charge in [-0.3, -0.25) is 4.79 Å². The Balaban J connectivity index is 1.71. The average Bonchev–Trinajstić information content (AvgIpc) is 3.19. The number of pyridine rings is 1. The van der Waals surface area contributed by atoms with Crippen molar-refractivity contribution in [1.29, 1.82) is 0 Å². The molecular weight excluding hydrogens is 316 g/mol. The molecule has 0 aliphatic rings. The molecule has 0 bridgehead atoms. The molecule has 0 aromatic carbocycles. The van der Waals surface area contributed by atoms with Crippen LogP contribution in [0.1, 0.15) is 35.6 Å². The van der Waals surface area contributed by atoms with E-state index in [1.165, 1.54) is 0 Å². The first kappa shape index (κ1) is 16.9. The van der Waals surface area contributed by atoms with E-state index in [1.807, 2.05) is 25.1 Å². The minimum absolute atomic E-state index is 0.156. The number of hydrogen-bond donors (Lipinski definition) is 1. The predicted octanol–water partition coefficient (Wildman–Crippen LogP) is 2.36. The van der Waals surface area contributed by atoms with Gasteiger partial charge < -0.3 is 9.88 Å². The lowest BCUT2D eigenvalue weighted by Crippen LogP contribution is -2.25. The van der Waals surface area contributed by atoms with Crippen molar-refractivity contribution in [3.8, 4) is 5.82 Å². The van der Waals surface area contributed by atoms with Crippen LogP contribution in [0.15, 0.2) is 43.1 Å². The highest BCUT2D eigenvalue weighted by atomic mass is 16.1. The van der Waals surface area contributed by atoms with Crippen LogP contribution in [0.25, 0.3) is 5.82 Å². The third-order valence-corrected chi connectivity index (χ3v) is 3.91. The van der Waals surface area contributed by atoms with Crippen molar-refractivity contribution in [2.24, 2.45) is 5.92 Å². The zero-order valence-corrected chi connectivity index (χ0v) is 14.7. The van der Waals surface area contributed by atoms with Gasteiger partial charge in [0.15, 0.2) is 5.82 Å². The molecule has 0 saturated carbocycles. The second kappa shape index (κ2) is 7.29. The maximum Gasteiger partial charge on any atom is 0.255 e. The maximum absolute atomic E-state index is 12.5. The lowest BCUT2D eigenvalue weighted by atomic mass is 10.2. The summed E-state index contributed by atoms with van der Waals surface area (Å²) in [4.78, 5) is 21.0. The van der Waals surface area contributed by atoms with E-state index in [-0.39, 0.29) is 5.91 Å². The fourth-order valence-corrected chi connectivity index (χ4v) is 2.66. The SMILES string of the molecule is Cc1c(C(=O)NCc2cncn2CC(C)C)cnn1-c1ccccn1. The van der Waals surface area contributed by atoms with Crippen LogP contribution in [0.5, 0.6) is 0 Å². The highest BCUT2D eigenvalue weighted by molar-refractivity contribution is 5.95. The molecule has 7 nitrogen and oxygen atoms in total. The van der Waals surface area contributed by atoms with Crippen LogP contribution in [-0.2, 0) is 13.1 Å². The molecule has 3 aromatic heterocycles. The molecule has 3 aromatic rings. The summed E-state index contributed by atoms with van der Waals surface area (Å²) in [6.45, 7) is 7.47. The van der Waals surface area contributed by atoms with Gasteiger partial charge in [0.1, 0.15) is 0 Å². The van der Waals surface area contributed by atoms with E-state index in [9.17, 15) is 4.79 Å². The molecule has 25 heavy (non-hydrogen) atoms. The number of amides is 1. The van der Waals surface area contributed by atoms with E-state index in [0.29, 0.717) is 23.8 Å². The number of imidazole rings is 1. The second-order valence-electron chi connectivity index (χ2n) is 6.36. The molecule has 130 valence electrons. The Kier molecular flexibility index (Phi) is 4.92. The molecule has 0 atom stereocenters. The van der Waals surface area contributed by atoms with Crippen LogP contribution in [0.2, 0.25) is 0 Å². The molecule has 0 aliphatic heterocycles. The first-order chi connectivity index (χ1) is 12.1. The average molecular weight is 338 g/mol. The molecule has 0 unspecified atom stereocenters. The fourth-order valence-electron chi connectivity index (χ4n) is 2.66. The summed E-state index contributed by atoms with van der Waals surface area (Å²) in [5.41, 5.74) is 2.28. The van der Waals surface area contributed by atoms with E-state index in [1.54, 1.807) is 29.6 Å². The number of nitrogens with one attached hydrogen (secondary N) is 1. The molecule has 3 rings (SSSR count). The zero-order valence-electron chi connectivity index (χ0n) is 14.7. The lowest BCUT2D eigenvalue weighted by molar-refractivity contribution is 0.0949. The Morgan fingerprint density at radius 2 is 2.12 bits per heavy atom. The van der Waals surface area contributed by atoms with E-state index in [4.69, 9.17) is 0 Å². The van der Waals surface area contributed by atoms with Crippen LogP contribution in [0.4, 0.5) is 0 Å². The smallest absolute Gasteiger partial charge is 0.255 e. The second-order valence-corrected chi connectivity index (χ2v) is 6.36. The number of rotatable bonds is 6. The topological polar surface area (TPSA) is 77.6 Å². The van der Waals surface area contributed by atoms with Crippen molar-refractivity contribution in [2.75, 3.05) is 0 Å². The number of carbonyl (C=O) groups is 1. The number of hydrogen-bond acceptors (Lipinski definition) is 4. The third kappa shape index (κ3) is 3.76. The number of carbonyl (C=O) groups excluding carboxylic acids is 1. The number of aromatic nitrogens is 5. The Hall–Kier alpha value is -2.96. The van der Waals surface area contributed by atoms with Gasteiger partial charge in [-0.2, -0.15) is 5.10 Å². The predicted molar refractivity (Wildman–Crippen MR) is 94.3 cm³/mol. The lowest BCUT2D eigenvalue weighted by Gasteiger charge is -2.11. The van der Waals surface area contributed by atoms with Crippen molar-refractivity contribution < 1.29 is 4.79 Å². The molecule has 0 radical (unpaired) electrons. The van der Waals surface area contributed by atoms with Gasteiger partial charge in [-0.1, -0.05) is 19.9 Å². The highest BCUT2D eigenvalue weighted by Gasteiger charge is 2.16. The van der Waals surface area contributed by atoms with E-state index in [2.05, 4.69) is 38.8 Å². The molecule has 1 amide bonds. The summed E-state index contributed by atoms with van der Waals surface area (Å²) in [5, 5.41) is 7.23. The van der Waals surface area contributed by atoms with Crippen LogP contribution in [0.3, 0.4) is 0 Å². The summed E-state index contributed by atoms with van der Waals surface area (Å²) in [6.07, 6.45) is 6.86. The van der Waals surface area contributed by atoms with Gasteiger partial charge in [-0.15, -0.1) is 0 Å². The summed E-state index contributed by atoms with van der Waals surface area (Å²) in [5.74, 6) is 1.05. The van der Waals surface area contributed by atoms with Gasteiger partial charge in [0.2, 0.25) is 0 Å². The van der Waals surface area contributed by atoms with Crippen molar-refractivity contribution in [3.05, 3.63) is 60.1 Å². The molecule has 3 heterocycles. The summed E-state index contributed by atoms with van der Waals surface area (Å²) in [6, 6.07) is 5.58. The van der Waals surface area contributed by atoms with E-state index < -0.39 is 0 Å². The van der Waals surface area contributed by atoms with Crippen LogP contribution < -0.4 is 5.32 Å². The van der Waals surface area contributed by atoms with Gasteiger partial charge >= 0.3 is 0 Å². The normalized spacial score (nSPS) is 11.0. The minimum Gasteiger partial charge on any atom is -0.346 e. The van der Waals surface area contributed by atoms with Gasteiger partial charge in [-0.25, -0.2) is 14.6 Å². The van der Waals surface area contributed by atoms with Crippen molar-refractivity contribution in [2.45, 2.75) is 33.9 Å². The first-order valence-electron chi connectivity index (χ1n) is 8.29. The van der Waals surface area contributed by atoms with Gasteiger partial charge in [0, 0.05) is 18.9 Å². The fraction of sp³-hybridized carbons (Fsp3) is 0.333. The first-order valence-corrected chi connectivity index (χ1v) is 8.29. The summed E-state index contributed by atoms with van der Waals surface area (Å²) >= 11 is 0. The Bertz CT molecular complexity index is 850. The monoisotopic (exact) mass is 338 g/mol. The van der Waals surface area contributed by atoms with Crippen LogP contribution >= 0.6 is 0 Å². The van der Waals surface area contributed by atoms with Crippen LogP contribution in [-0.4, -0.2) is 30.2 Å². The molecular formula is C18H22N6O.